The summed E-state index contributed by atoms with van der Waals surface area (Å²) < 4.78 is 0. The number of hydrogen-bond donors (Lipinski definition) is 3. The van der Waals surface area contributed by atoms with Crippen molar-refractivity contribution in [2.45, 2.75) is 63.8 Å². The molecule has 0 aromatic carbocycles. The number of rotatable bonds is 6. The molecule has 5 nitrogen and oxygen atoms in total. The highest BCUT2D eigenvalue weighted by Crippen LogP contribution is 2.35. The van der Waals surface area contributed by atoms with E-state index in [-0.39, 0.29) is 12.5 Å². The quantitative estimate of drug-likeness (QED) is 0.692. The first kappa shape index (κ1) is 15.3. The van der Waals surface area contributed by atoms with Gasteiger partial charge in [-0.05, 0) is 25.7 Å². The van der Waals surface area contributed by atoms with Gasteiger partial charge in [0.05, 0.1) is 12.0 Å². The molecule has 0 spiro atoms. The average molecular weight is 282 g/mol. The van der Waals surface area contributed by atoms with Crippen LogP contribution in [0.2, 0.25) is 0 Å². The van der Waals surface area contributed by atoms with Gasteiger partial charge in [-0.25, -0.2) is 0 Å². The summed E-state index contributed by atoms with van der Waals surface area (Å²) in [7, 11) is 0. The van der Waals surface area contributed by atoms with Gasteiger partial charge in [0.2, 0.25) is 5.91 Å². The molecule has 0 atom stereocenters. The van der Waals surface area contributed by atoms with E-state index in [4.69, 9.17) is 0 Å². The lowest BCUT2D eigenvalue weighted by molar-refractivity contribution is -0.151. The van der Waals surface area contributed by atoms with Crippen molar-refractivity contribution in [3.63, 3.8) is 0 Å². The minimum atomic E-state index is -0.763. The molecule has 5 heteroatoms. The lowest BCUT2D eigenvalue weighted by Crippen LogP contribution is -2.47. The number of carboxylic acid groups (broad SMARTS) is 1. The van der Waals surface area contributed by atoms with Crippen molar-refractivity contribution in [2.75, 3.05) is 13.1 Å². The summed E-state index contributed by atoms with van der Waals surface area (Å²) in [4.78, 5) is 23.3. The molecule has 0 unspecified atom stereocenters. The maximum atomic E-state index is 11.8. The fourth-order valence-electron chi connectivity index (χ4n) is 3.39. The molecule has 0 heterocycles. The maximum Gasteiger partial charge on any atom is 0.311 e. The van der Waals surface area contributed by atoms with Gasteiger partial charge in [-0.1, -0.05) is 32.1 Å². The molecule has 0 aromatic rings. The van der Waals surface area contributed by atoms with E-state index in [2.05, 4.69) is 10.6 Å². The van der Waals surface area contributed by atoms with Crippen LogP contribution in [-0.4, -0.2) is 36.1 Å². The zero-order valence-corrected chi connectivity index (χ0v) is 12.1. The van der Waals surface area contributed by atoms with Gasteiger partial charge < -0.3 is 15.7 Å². The lowest BCUT2D eigenvalue weighted by Gasteiger charge is -2.33. The SMILES string of the molecule is O=C(CNC1CCCC1)NCC1(C(=O)O)CCCCC1. The lowest BCUT2D eigenvalue weighted by atomic mass is 9.74. The number of aliphatic carboxylic acids is 1. The second-order valence-corrected chi connectivity index (χ2v) is 6.29. The van der Waals surface area contributed by atoms with E-state index in [0.717, 1.165) is 32.1 Å². The van der Waals surface area contributed by atoms with Gasteiger partial charge in [0.1, 0.15) is 0 Å². The molecule has 0 radical (unpaired) electrons. The van der Waals surface area contributed by atoms with Crippen molar-refractivity contribution in [2.24, 2.45) is 5.41 Å². The minimum Gasteiger partial charge on any atom is -0.481 e. The number of amides is 1. The zero-order valence-electron chi connectivity index (χ0n) is 12.1. The first-order valence-electron chi connectivity index (χ1n) is 7.86. The first-order valence-corrected chi connectivity index (χ1v) is 7.86. The number of hydrogen-bond acceptors (Lipinski definition) is 3. The van der Waals surface area contributed by atoms with E-state index in [1.807, 2.05) is 0 Å². The monoisotopic (exact) mass is 282 g/mol. The third kappa shape index (κ3) is 3.95. The Labute approximate surface area is 120 Å². The Bertz CT molecular complexity index is 345. The van der Waals surface area contributed by atoms with Gasteiger partial charge >= 0.3 is 5.97 Å². The van der Waals surface area contributed by atoms with E-state index in [0.29, 0.717) is 25.4 Å². The molecule has 0 aliphatic heterocycles. The van der Waals surface area contributed by atoms with Gasteiger partial charge in [0, 0.05) is 12.6 Å². The summed E-state index contributed by atoms with van der Waals surface area (Å²) in [6.45, 7) is 0.577. The number of nitrogens with one attached hydrogen (secondary N) is 2. The summed E-state index contributed by atoms with van der Waals surface area (Å²) in [5, 5.41) is 15.5. The predicted octanol–water partition coefficient (Wildman–Crippen LogP) is 1.67. The maximum absolute atomic E-state index is 11.8. The minimum absolute atomic E-state index is 0.0805. The number of carboxylic acids is 1. The first-order chi connectivity index (χ1) is 9.62. The van der Waals surface area contributed by atoms with Crippen LogP contribution in [0, 0.1) is 5.41 Å². The molecule has 2 aliphatic rings. The average Bonchev–Trinajstić information content (AvgIpc) is 2.97. The molecule has 114 valence electrons. The fourth-order valence-corrected chi connectivity index (χ4v) is 3.39. The third-order valence-electron chi connectivity index (χ3n) is 4.79. The smallest absolute Gasteiger partial charge is 0.311 e. The molecule has 2 fully saturated rings. The molecule has 0 aromatic heterocycles. The van der Waals surface area contributed by atoms with E-state index < -0.39 is 11.4 Å². The van der Waals surface area contributed by atoms with Crippen molar-refractivity contribution >= 4 is 11.9 Å². The van der Waals surface area contributed by atoms with Crippen LogP contribution in [-0.2, 0) is 9.59 Å². The third-order valence-corrected chi connectivity index (χ3v) is 4.79. The van der Waals surface area contributed by atoms with Crippen LogP contribution < -0.4 is 10.6 Å². The normalized spacial score (nSPS) is 22.6. The van der Waals surface area contributed by atoms with Gasteiger partial charge in [-0.15, -0.1) is 0 Å². The van der Waals surface area contributed by atoms with Crippen molar-refractivity contribution in [3.05, 3.63) is 0 Å². The van der Waals surface area contributed by atoms with Crippen LogP contribution >= 0.6 is 0 Å². The molecule has 3 N–H and O–H groups in total. The van der Waals surface area contributed by atoms with Gasteiger partial charge in [-0.2, -0.15) is 0 Å². The molecule has 2 aliphatic carbocycles. The molecule has 0 saturated heterocycles. The van der Waals surface area contributed by atoms with Crippen LogP contribution in [0.4, 0.5) is 0 Å². The largest absolute Gasteiger partial charge is 0.481 e. The zero-order chi connectivity index (χ0) is 14.4. The van der Waals surface area contributed by atoms with Crippen molar-refractivity contribution in [3.8, 4) is 0 Å². The van der Waals surface area contributed by atoms with Crippen LogP contribution in [0.25, 0.3) is 0 Å². The Hall–Kier alpha value is -1.10. The predicted molar refractivity (Wildman–Crippen MR) is 76.4 cm³/mol. The van der Waals surface area contributed by atoms with Gasteiger partial charge in [-0.3, -0.25) is 9.59 Å². The van der Waals surface area contributed by atoms with Crippen LogP contribution in [0.1, 0.15) is 57.8 Å². The molecule has 20 heavy (non-hydrogen) atoms. The van der Waals surface area contributed by atoms with E-state index in [9.17, 15) is 14.7 Å². The van der Waals surface area contributed by atoms with Crippen LogP contribution in [0.3, 0.4) is 0 Å². The summed E-state index contributed by atoms with van der Waals surface area (Å²) in [5.41, 5.74) is -0.735. The molecule has 1 amide bonds. The van der Waals surface area contributed by atoms with Gasteiger partial charge in [0.15, 0.2) is 0 Å². The number of carbonyl (C=O) groups is 2. The van der Waals surface area contributed by atoms with Crippen LogP contribution in [0.15, 0.2) is 0 Å². The fraction of sp³-hybridized carbons (Fsp3) is 0.867. The second-order valence-electron chi connectivity index (χ2n) is 6.29. The topological polar surface area (TPSA) is 78.4 Å². The summed E-state index contributed by atoms with van der Waals surface area (Å²) in [6.07, 6.45) is 9.12. The second kappa shape index (κ2) is 7.07. The Balaban J connectivity index is 1.74. The Morgan fingerprint density at radius 1 is 1.05 bits per heavy atom. The highest BCUT2D eigenvalue weighted by molar-refractivity contribution is 5.80. The Kier molecular flexibility index (Phi) is 5.40. The molecule has 0 bridgehead atoms. The standard InChI is InChI=1S/C15H26N2O3/c18-13(10-16-12-6-2-3-7-12)17-11-15(14(19)20)8-4-1-5-9-15/h12,16H,1-11H2,(H,17,18)(H,19,20). The van der Waals surface area contributed by atoms with E-state index >= 15 is 0 Å². The van der Waals surface area contributed by atoms with Gasteiger partial charge in [0.25, 0.3) is 0 Å². The van der Waals surface area contributed by atoms with Crippen molar-refractivity contribution in [1.29, 1.82) is 0 Å². The number of carbonyl (C=O) groups excluding carboxylic acids is 1. The van der Waals surface area contributed by atoms with Crippen molar-refractivity contribution in [1.82, 2.24) is 10.6 Å². The van der Waals surface area contributed by atoms with Crippen molar-refractivity contribution < 1.29 is 14.7 Å². The molecular weight excluding hydrogens is 256 g/mol. The Morgan fingerprint density at radius 2 is 1.70 bits per heavy atom. The molecule has 2 rings (SSSR count). The highest BCUT2D eigenvalue weighted by Gasteiger charge is 2.39. The Morgan fingerprint density at radius 3 is 2.30 bits per heavy atom. The summed E-state index contributed by atoms with van der Waals surface area (Å²) in [5.74, 6) is -0.843. The van der Waals surface area contributed by atoms with E-state index in [1.54, 1.807) is 0 Å². The van der Waals surface area contributed by atoms with E-state index in [1.165, 1.54) is 12.8 Å². The van der Waals surface area contributed by atoms with Crippen LogP contribution in [0.5, 0.6) is 0 Å². The summed E-state index contributed by atoms with van der Waals surface area (Å²) in [6, 6.07) is 0.462. The molecule has 2 saturated carbocycles. The molecular formula is C15H26N2O3. The summed E-state index contributed by atoms with van der Waals surface area (Å²) >= 11 is 0. The highest BCUT2D eigenvalue weighted by atomic mass is 16.4.